The van der Waals surface area contributed by atoms with Crippen LogP contribution in [0.5, 0.6) is 5.88 Å². The van der Waals surface area contributed by atoms with Crippen LogP contribution in [0, 0.1) is 5.92 Å². The maximum atomic E-state index is 10.5. The minimum absolute atomic E-state index is 0.248. The van der Waals surface area contributed by atoms with E-state index >= 15 is 0 Å². The SMILES string of the molecule is COc1ncccc1CNCCC(C)CCC(=O)O. The van der Waals surface area contributed by atoms with Gasteiger partial charge in [-0.05, 0) is 31.4 Å². The number of rotatable bonds is 9. The van der Waals surface area contributed by atoms with Crippen molar-refractivity contribution in [2.24, 2.45) is 5.92 Å². The number of aliphatic carboxylic acids is 1. The number of carboxylic acid groups (broad SMARTS) is 1. The normalized spacial score (nSPS) is 12.1. The molecule has 5 heteroatoms. The van der Waals surface area contributed by atoms with Gasteiger partial charge in [0.1, 0.15) is 0 Å². The number of carbonyl (C=O) groups is 1. The van der Waals surface area contributed by atoms with Crippen LogP contribution in [0.2, 0.25) is 0 Å². The Labute approximate surface area is 114 Å². The summed E-state index contributed by atoms with van der Waals surface area (Å²) in [6.07, 6.45) is 3.65. The molecule has 0 saturated heterocycles. The van der Waals surface area contributed by atoms with E-state index in [-0.39, 0.29) is 6.42 Å². The lowest BCUT2D eigenvalue weighted by Crippen LogP contribution is -2.18. The Bertz CT molecular complexity index is 396. The van der Waals surface area contributed by atoms with E-state index in [2.05, 4.69) is 17.2 Å². The summed E-state index contributed by atoms with van der Waals surface area (Å²) in [5.41, 5.74) is 1.03. The van der Waals surface area contributed by atoms with E-state index in [1.807, 2.05) is 12.1 Å². The molecule has 2 N–H and O–H groups in total. The lowest BCUT2D eigenvalue weighted by Gasteiger charge is -2.11. The van der Waals surface area contributed by atoms with Gasteiger partial charge in [-0.15, -0.1) is 0 Å². The molecule has 1 aromatic rings. The summed E-state index contributed by atoms with van der Waals surface area (Å²) in [4.78, 5) is 14.6. The third kappa shape index (κ3) is 6.20. The number of aromatic nitrogens is 1. The first kappa shape index (κ1) is 15.4. The molecule has 1 heterocycles. The Morgan fingerprint density at radius 3 is 3.00 bits per heavy atom. The van der Waals surface area contributed by atoms with Gasteiger partial charge >= 0.3 is 5.97 Å². The van der Waals surface area contributed by atoms with E-state index in [0.717, 1.165) is 24.9 Å². The highest BCUT2D eigenvalue weighted by Crippen LogP contribution is 2.13. The van der Waals surface area contributed by atoms with Crippen molar-refractivity contribution in [3.05, 3.63) is 23.9 Å². The van der Waals surface area contributed by atoms with Crippen molar-refractivity contribution in [2.45, 2.75) is 32.7 Å². The Balaban J connectivity index is 2.21. The van der Waals surface area contributed by atoms with Crippen molar-refractivity contribution in [3.8, 4) is 5.88 Å². The first-order valence-electron chi connectivity index (χ1n) is 6.54. The molecule has 106 valence electrons. The second kappa shape index (κ2) is 8.48. The Hall–Kier alpha value is -1.62. The number of hydrogen-bond donors (Lipinski definition) is 2. The number of methoxy groups -OCH3 is 1. The van der Waals surface area contributed by atoms with Crippen LogP contribution in [-0.4, -0.2) is 29.7 Å². The molecule has 1 atom stereocenters. The van der Waals surface area contributed by atoms with E-state index < -0.39 is 5.97 Å². The maximum absolute atomic E-state index is 10.5. The quantitative estimate of drug-likeness (QED) is 0.669. The molecular weight excluding hydrogens is 244 g/mol. The summed E-state index contributed by atoms with van der Waals surface area (Å²) in [5, 5.41) is 11.9. The fourth-order valence-corrected chi connectivity index (χ4v) is 1.83. The lowest BCUT2D eigenvalue weighted by molar-refractivity contribution is -0.137. The summed E-state index contributed by atoms with van der Waals surface area (Å²) >= 11 is 0. The molecule has 0 aliphatic rings. The fourth-order valence-electron chi connectivity index (χ4n) is 1.83. The van der Waals surface area contributed by atoms with E-state index in [1.165, 1.54) is 0 Å². The van der Waals surface area contributed by atoms with Crippen LogP contribution in [0.3, 0.4) is 0 Å². The Morgan fingerprint density at radius 2 is 2.32 bits per heavy atom. The third-order valence-electron chi connectivity index (χ3n) is 3.02. The topological polar surface area (TPSA) is 71.5 Å². The Morgan fingerprint density at radius 1 is 1.53 bits per heavy atom. The van der Waals surface area contributed by atoms with Crippen LogP contribution in [-0.2, 0) is 11.3 Å². The minimum Gasteiger partial charge on any atom is -0.481 e. The zero-order valence-corrected chi connectivity index (χ0v) is 11.6. The highest BCUT2D eigenvalue weighted by Gasteiger charge is 2.06. The predicted molar refractivity (Wildman–Crippen MR) is 73.1 cm³/mol. The van der Waals surface area contributed by atoms with Crippen molar-refractivity contribution in [1.82, 2.24) is 10.3 Å². The summed E-state index contributed by atoms with van der Waals surface area (Å²) in [6.45, 7) is 3.65. The number of carboxylic acids is 1. The van der Waals surface area contributed by atoms with Crippen molar-refractivity contribution in [3.63, 3.8) is 0 Å². The number of ether oxygens (including phenoxy) is 1. The molecule has 1 rings (SSSR count). The van der Waals surface area contributed by atoms with E-state index in [4.69, 9.17) is 9.84 Å². The molecule has 1 unspecified atom stereocenters. The molecule has 0 aromatic carbocycles. The van der Waals surface area contributed by atoms with Crippen LogP contribution in [0.4, 0.5) is 0 Å². The average molecular weight is 266 g/mol. The van der Waals surface area contributed by atoms with Crippen LogP contribution in [0.15, 0.2) is 18.3 Å². The Kier molecular flexibility index (Phi) is 6.89. The van der Waals surface area contributed by atoms with Gasteiger partial charge < -0.3 is 15.2 Å². The van der Waals surface area contributed by atoms with Crippen LogP contribution in [0.1, 0.15) is 31.7 Å². The molecule has 0 aliphatic heterocycles. The van der Waals surface area contributed by atoms with Gasteiger partial charge in [0.2, 0.25) is 5.88 Å². The lowest BCUT2D eigenvalue weighted by atomic mass is 10.0. The molecule has 5 nitrogen and oxygen atoms in total. The number of nitrogens with zero attached hydrogens (tertiary/aromatic N) is 1. The van der Waals surface area contributed by atoms with Crippen molar-refractivity contribution in [2.75, 3.05) is 13.7 Å². The van der Waals surface area contributed by atoms with E-state index in [0.29, 0.717) is 18.3 Å². The van der Waals surface area contributed by atoms with Gasteiger partial charge in [-0.2, -0.15) is 0 Å². The predicted octanol–water partition coefficient (Wildman–Crippen LogP) is 2.07. The molecule has 0 fully saturated rings. The fraction of sp³-hybridized carbons (Fsp3) is 0.571. The van der Waals surface area contributed by atoms with E-state index in [1.54, 1.807) is 13.3 Å². The second-order valence-corrected chi connectivity index (χ2v) is 4.67. The monoisotopic (exact) mass is 266 g/mol. The average Bonchev–Trinajstić information content (AvgIpc) is 2.41. The molecule has 0 amide bonds. The summed E-state index contributed by atoms with van der Waals surface area (Å²) in [5.74, 6) is 0.341. The zero-order valence-electron chi connectivity index (χ0n) is 11.6. The van der Waals surface area contributed by atoms with Crippen LogP contribution >= 0.6 is 0 Å². The van der Waals surface area contributed by atoms with Gasteiger partial charge in [-0.1, -0.05) is 13.0 Å². The standard InChI is InChI=1S/C14H22N2O3/c1-11(5-6-13(17)18)7-9-15-10-12-4-3-8-16-14(12)19-2/h3-4,8,11,15H,5-7,9-10H2,1-2H3,(H,17,18). The molecule has 0 saturated carbocycles. The molecule has 0 bridgehead atoms. The minimum atomic E-state index is -0.722. The molecule has 19 heavy (non-hydrogen) atoms. The number of hydrogen-bond acceptors (Lipinski definition) is 4. The molecule has 1 aromatic heterocycles. The highest BCUT2D eigenvalue weighted by atomic mass is 16.5. The molecule has 0 radical (unpaired) electrons. The van der Waals surface area contributed by atoms with Gasteiger partial charge in [0.05, 0.1) is 7.11 Å². The van der Waals surface area contributed by atoms with Gasteiger partial charge in [0, 0.05) is 24.7 Å². The largest absolute Gasteiger partial charge is 0.481 e. The van der Waals surface area contributed by atoms with Crippen molar-refractivity contribution < 1.29 is 14.6 Å². The zero-order chi connectivity index (χ0) is 14.1. The second-order valence-electron chi connectivity index (χ2n) is 4.67. The molecule has 0 spiro atoms. The summed E-state index contributed by atoms with van der Waals surface area (Å²) in [6, 6.07) is 3.86. The first-order chi connectivity index (χ1) is 9.13. The summed E-state index contributed by atoms with van der Waals surface area (Å²) < 4.78 is 5.17. The number of nitrogens with one attached hydrogen (secondary N) is 1. The van der Waals surface area contributed by atoms with Crippen molar-refractivity contribution >= 4 is 5.97 Å². The van der Waals surface area contributed by atoms with Crippen LogP contribution < -0.4 is 10.1 Å². The molecule has 0 aliphatic carbocycles. The summed E-state index contributed by atoms with van der Waals surface area (Å²) in [7, 11) is 1.61. The van der Waals surface area contributed by atoms with Gasteiger partial charge in [0.25, 0.3) is 0 Å². The number of pyridine rings is 1. The highest BCUT2D eigenvalue weighted by molar-refractivity contribution is 5.66. The van der Waals surface area contributed by atoms with Crippen molar-refractivity contribution in [1.29, 1.82) is 0 Å². The van der Waals surface area contributed by atoms with E-state index in [9.17, 15) is 4.79 Å². The third-order valence-corrected chi connectivity index (χ3v) is 3.02. The smallest absolute Gasteiger partial charge is 0.303 e. The van der Waals surface area contributed by atoms with Gasteiger partial charge in [0.15, 0.2) is 0 Å². The maximum Gasteiger partial charge on any atom is 0.303 e. The van der Waals surface area contributed by atoms with Gasteiger partial charge in [-0.3, -0.25) is 4.79 Å². The molecular formula is C14H22N2O3. The first-order valence-corrected chi connectivity index (χ1v) is 6.54. The van der Waals surface area contributed by atoms with Crippen LogP contribution in [0.25, 0.3) is 0 Å². The van der Waals surface area contributed by atoms with Gasteiger partial charge in [-0.25, -0.2) is 4.98 Å².